The SMILES string of the molecule is CC(C)(C)CC(=O)N1CCO[C@@](Cc2cccc(-c3cccnc3)c2)(C(=O)N2CCCC2)C1. The summed E-state index contributed by atoms with van der Waals surface area (Å²) in [6, 6.07) is 12.2. The molecule has 0 N–H and O–H groups in total. The van der Waals surface area contributed by atoms with Crippen molar-refractivity contribution in [1.29, 1.82) is 0 Å². The van der Waals surface area contributed by atoms with E-state index >= 15 is 0 Å². The first-order valence-electron chi connectivity index (χ1n) is 12.0. The normalized spacial score (nSPS) is 21.3. The van der Waals surface area contributed by atoms with E-state index in [0.717, 1.165) is 42.6 Å². The van der Waals surface area contributed by atoms with Gasteiger partial charge < -0.3 is 14.5 Å². The average molecular weight is 450 g/mol. The molecule has 4 rings (SSSR count). The lowest BCUT2D eigenvalue weighted by molar-refractivity contribution is -0.174. The third kappa shape index (κ3) is 5.61. The number of hydrogen-bond donors (Lipinski definition) is 0. The maximum atomic E-state index is 13.8. The van der Waals surface area contributed by atoms with Gasteiger partial charge in [0, 0.05) is 44.9 Å². The van der Waals surface area contributed by atoms with Gasteiger partial charge in [-0.25, -0.2) is 0 Å². The van der Waals surface area contributed by atoms with Crippen LogP contribution in [0.5, 0.6) is 0 Å². The molecule has 1 aromatic heterocycles. The summed E-state index contributed by atoms with van der Waals surface area (Å²) in [5.74, 6) is 0.105. The average Bonchev–Trinajstić information content (AvgIpc) is 3.33. The van der Waals surface area contributed by atoms with Gasteiger partial charge in [0.2, 0.25) is 5.91 Å². The molecular weight excluding hydrogens is 414 g/mol. The second-order valence-electron chi connectivity index (χ2n) is 10.5. The van der Waals surface area contributed by atoms with Crippen molar-refractivity contribution in [3.05, 3.63) is 54.4 Å². The number of ether oxygens (including phenoxy) is 1. The van der Waals surface area contributed by atoms with E-state index in [2.05, 4.69) is 37.9 Å². The standard InChI is InChI=1S/C27H35N3O3/c1-26(2,3)18-24(31)30-14-15-33-27(20-30,25(32)29-12-4-5-13-29)17-21-8-6-9-22(16-21)23-10-7-11-28-19-23/h6-11,16,19H,4-5,12-15,17-18,20H2,1-3H3/t27-/m1/s1. The minimum Gasteiger partial charge on any atom is -0.361 e. The van der Waals surface area contributed by atoms with E-state index in [1.54, 1.807) is 6.20 Å². The van der Waals surface area contributed by atoms with E-state index < -0.39 is 5.60 Å². The minimum absolute atomic E-state index is 0.0139. The number of likely N-dealkylation sites (tertiary alicyclic amines) is 1. The number of carbonyl (C=O) groups is 2. The summed E-state index contributed by atoms with van der Waals surface area (Å²) in [5, 5.41) is 0. The first-order chi connectivity index (χ1) is 15.8. The molecule has 2 amide bonds. The zero-order chi connectivity index (χ0) is 23.5. The minimum atomic E-state index is -1.05. The van der Waals surface area contributed by atoms with Crippen molar-refractivity contribution in [3.8, 4) is 11.1 Å². The number of hydrogen-bond acceptors (Lipinski definition) is 4. The highest BCUT2D eigenvalue weighted by molar-refractivity contribution is 5.88. The van der Waals surface area contributed by atoms with E-state index in [9.17, 15) is 9.59 Å². The van der Waals surface area contributed by atoms with Gasteiger partial charge in [-0.15, -0.1) is 0 Å². The van der Waals surface area contributed by atoms with Crippen molar-refractivity contribution in [1.82, 2.24) is 14.8 Å². The Morgan fingerprint density at radius 1 is 1.03 bits per heavy atom. The highest BCUT2D eigenvalue weighted by atomic mass is 16.5. The molecule has 33 heavy (non-hydrogen) atoms. The fraction of sp³-hybridized carbons (Fsp3) is 0.519. The summed E-state index contributed by atoms with van der Waals surface area (Å²) in [6.45, 7) is 8.92. The van der Waals surface area contributed by atoms with Crippen LogP contribution in [0.1, 0.15) is 45.6 Å². The number of benzene rings is 1. The Hall–Kier alpha value is -2.73. The van der Waals surface area contributed by atoms with Crippen molar-refractivity contribution in [2.24, 2.45) is 5.41 Å². The van der Waals surface area contributed by atoms with Gasteiger partial charge in [0.05, 0.1) is 13.2 Å². The highest BCUT2D eigenvalue weighted by Crippen LogP contribution is 2.31. The predicted molar refractivity (Wildman–Crippen MR) is 129 cm³/mol. The predicted octanol–water partition coefficient (Wildman–Crippen LogP) is 3.95. The van der Waals surface area contributed by atoms with Gasteiger partial charge in [-0.1, -0.05) is 51.1 Å². The zero-order valence-electron chi connectivity index (χ0n) is 20.0. The molecule has 6 nitrogen and oxygen atoms in total. The van der Waals surface area contributed by atoms with Crippen LogP contribution in [0.3, 0.4) is 0 Å². The van der Waals surface area contributed by atoms with E-state index in [1.165, 1.54) is 0 Å². The molecule has 6 heteroatoms. The lowest BCUT2D eigenvalue weighted by Gasteiger charge is -2.44. The maximum Gasteiger partial charge on any atom is 0.257 e. The van der Waals surface area contributed by atoms with Gasteiger partial charge in [-0.2, -0.15) is 0 Å². The van der Waals surface area contributed by atoms with Crippen LogP contribution in [0.25, 0.3) is 11.1 Å². The summed E-state index contributed by atoms with van der Waals surface area (Å²) >= 11 is 0. The van der Waals surface area contributed by atoms with E-state index in [0.29, 0.717) is 32.5 Å². The van der Waals surface area contributed by atoms with Crippen LogP contribution in [0.15, 0.2) is 48.8 Å². The summed E-state index contributed by atoms with van der Waals surface area (Å²) in [6.07, 6.45) is 6.54. The highest BCUT2D eigenvalue weighted by Gasteiger charge is 2.47. The van der Waals surface area contributed by atoms with Crippen molar-refractivity contribution in [3.63, 3.8) is 0 Å². The number of aromatic nitrogens is 1. The Kier molecular flexibility index (Phi) is 6.84. The molecule has 2 saturated heterocycles. The Morgan fingerprint density at radius 3 is 2.48 bits per heavy atom. The molecule has 176 valence electrons. The van der Waals surface area contributed by atoms with Gasteiger partial charge in [0.15, 0.2) is 5.60 Å². The second kappa shape index (κ2) is 9.64. The molecule has 1 aromatic carbocycles. The van der Waals surface area contributed by atoms with Crippen molar-refractivity contribution < 1.29 is 14.3 Å². The first kappa shape index (κ1) is 23.4. The molecule has 2 aliphatic heterocycles. The van der Waals surface area contributed by atoms with Crippen LogP contribution in [-0.4, -0.2) is 65.0 Å². The fourth-order valence-corrected chi connectivity index (χ4v) is 4.81. The molecule has 0 saturated carbocycles. The number of rotatable bonds is 5. The van der Waals surface area contributed by atoms with E-state index in [1.807, 2.05) is 40.3 Å². The molecular formula is C27H35N3O3. The molecule has 0 aliphatic carbocycles. The lowest BCUT2D eigenvalue weighted by atomic mass is 9.88. The van der Waals surface area contributed by atoms with Crippen LogP contribution in [-0.2, 0) is 20.7 Å². The van der Waals surface area contributed by atoms with Crippen molar-refractivity contribution >= 4 is 11.8 Å². The van der Waals surface area contributed by atoms with E-state index in [4.69, 9.17) is 4.74 Å². The summed E-state index contributed by atoms with van der Waals surface area (Å²) in [4.78, 5) is 34.9. The number of pyridine rings is 1. The van der Waals surface area contributed by atoms with Gasteiger partial charge in [-0.05, 0) is 41.0 Å². The summed E-state index contributed by atoms with van der Waals surface area (Å²) in [5.41, 5.74) is 1.96. The monoisotopic (exact) mass is 449 g/mol. The number of morpholine rings is 1. The van der Waals surface area contributed by atoms with Crippen molar-refractivity contribution in [2.75, 3.05) is 32.8 Å². The lowest BCUT2D eigenvalue weighted by Crippen LogP contribution is -2.62. The first-order valence-corrected chi connectivity index (χ1v) is 12.0. The molecule has 0 unspecified atom stereocenters. The van der Waals surface area contributed by atoms with Crippen molar-refractivity contribution in [2.45, 2.75) is 52.1 Å². The third-order valence-electron chi connectivity index (χ3n) is 6.41. The molecule has 2 aliphatic rings. The van der Waals surface area contributed by atoms with Crippen LogP contribution >= 0.6 is 0 Å². The Morgan fingerprint density at radius 2 is 1.79 bits per heavy atom. The third-order valence-corrected chi connectivity index (χ3v) is 6.41. The number of nitrogens with zero attached hydrogens (tertiary/aromatic N) is 3. The second-order valence-corrected chi connectivity index (χ2v) is 10.5. The van der Waals surface area contributed by atoms with Gasteiger partial charge in [0.25, 0.3) is 5.91 Å². The van der Waals surface area contributed by atoms with Gasteiger partial charge >= 0.3 is 0 Å². The smallest absolute Gasteiger partial charge is 0.257 e. The molecule has 2 aromatic rings. The summed E-state index contributed by atoms with van der Waals surface area (Å²) in [7, 11) is 0. The molecule has 1 atom stereocenters. The molecule has 2 fully saturated rings. The number of amides is 2. The Labute approximate surface area is 196 Å². The Balaban J connectivity index is 1.63. The largest absolute Gasteiger partial charge is 0.361 e. The molecule has 3 heterocycles. The number of carbonyl (C=O) groups excluding carboxylic acids is 2. The van der Waals surface area contributed by atoms with Crippen LogP contribution in [0.4, 0.5) is 0 Å². The molecule has 0 spiro atoms. The topological polar surface area (TPSA) is 62.7 Å². The molecule has 0 bridgehead atoms. The maximum absolute atomic E-state index is 13.8. The fourth-order valence-electron chi connectivity index (χ4n) is 4.81. The Bertz CT molecular complexity index is 980. The molecule has 0 radical (unpaired) electrons. The van der Waals surface area contributed by atoms with Crippen LogP contribution < -0.4 is 0 Å². The zero-order valence-corrected chi connectivity index (χ0v) is 20.0. The van der Waals surface area contributed by atoms with Crippen LogP contribution in [0.2, 0.25) is 0 Å². The van der Waals surface area contributed by atoms with Gasteiger partial charge in [0.1, 0.15) is 0 Å². The summed E-state index contributed by atoms with van der Waals surface area (Å²) < 4.78 is 6.30. The van der Waals surface area contributed by atoms with Gasteiger partial charge in [-0.3, -0.25) is 14.6 Å². The van der Waals surface area contributed by atoms with Crippen LogP contribution in [0, 0.1) is 5.41 Å². The quantitative estimate of drug-likeness (QED) is 0.694. The van der Waals surface area contributed by atoms with E-state index in [-0.39, 0.29) is 17.2 Å².